The van der Waals surface area contributed by atoms with Crippen molar-refractivity contribution >= 4 is 17.3 Å². The second kappa shape index (κ2) is 5.54. The minimum Gasteiger partial charge on any atom is -0.456 e. The lowest BCUT2D eigenvalue weighted by atomic mass is 10.2. The summed E-state index contributed by atoms with van der Waals surface area (Å²) in [5, 5.41) is 0.631. The lowest BCUT2D eigenvalue weighted by molar-refractivity contribution is 0.483. The summed E-state index contributed by atoms with van der Waals surface area (Å²) in [7, 11) is 0. The van der Waals surface area contributed by atoms with E-state index in [1.165, 1.54) is 18.5 Å². The Labute approximate surface area is 118 Å². The normalized spacial score (nSPS) is 14.7. The van der Waals surface area contributed by atoms with Gasteiger partial charge in [-0.05, 0) is 49.2 Å². The third-order valence-electron chi connectivity index (χ3n) is 3.37. The maximum absolute atomic E-state index is 6.08. The van der Waals surface area contributed by atoms with Crippen molar-refractivity contribution in [3.8, 4) is 11.5 Å². The Balaban J connectivity index is 1.74. The Morgan fingerprint density at radius 3 is 2.26 bits per heavy atom. The number of hydrogen-bond acceptors (Lipinski definition) is 2. The first kappa shape index (κ1) is 12.4. The molecule has 0 aromatic heterocycles. The van der Waals surface area contributed by atoms with E-state index in [0.717, 1.165) is 18.8 Å². The SMILES string of the molecule is Clc1ccccc1Oc1ccc(N2CCCC2)cc1. The summed E-state index contributed by atoms with van der Waals surface area (Å²) in [5.41, 5.74) is 1.27. The minimum absolute atomic E-state index is 0.631. The molecule has 0 radical (unpaired) electrons. The summed E-state index contributed by atoms with van der Waals surface area (Å²) in [6, 6.07) is 15.7. The summed E-state index contributed by atoms with van der Waals surface area (Å²) in [4.78, 5) is 2.40. The van der Waals surface area contributed by atoms with Gasteiger partial charge in [0.05, 0.1) is 5.02 Å². The van der Waals surface area contributed by atoms with Crippen molar-refractivity contribution in [3.63, 3.8) is 0 Å². The Bertz CT molecular complexity index is 547. The Morgan fingerprint density at radius 1 is 0.895 bits per heavy atom. The maximum Gasteiger partial charge on any atom is 0.146 e. The van der Waals surface area contributed by atoms with Crippen molar-refractivity contribution in [1.82, 2.24) is 0 Å². The number of rotatable bonds is 3. The molecule has 1 saturated heterocycles. The van der Waals surface area contributed by atoms with Crippen LogP contribution in [0.1, 0.15) is 12.8 Å². The van der Waals surface area contributed by atoms with Crippen molar-refractivity contribution in [2.24, 2.45) is 0 Å². The van der Waals surface area contributed by atoms with Crippen molar-refractivity contribution in [1.29, 1.82) is 0 Å². The van der Waals surface area contributed by atoms with Gasteiger partial charge >= 0.3 is 0 Å². The van der Waals surface area contributed by atoms with Gasteiger partial charge in [0, 0.05) is 18.8 Å². The van der Waals surface area contributed by atoms with Crippen molar-refractivity contribution < 1.29 is 4.74 Å². The fourth-order valence-electron chi connectivity index (χ4n) is 2.35. The van der Waals surface area contributed by atoms with Crippen molar-refractivity contribution in [3.05, 3.63) is 53.6 Å². The van der Waals surface area contributed by atoms with Crippen LogP contribution in [0.5, 0.6) is 11.5 Å². The van der Waals surface area contributed by atoms with Gasteiger partial charge in [0.1, 0.15) is 11.5 Å². The molecule has 0 bridgehead atoms. The Hall–Kier alpha value is -1.67. The lowest BCUT2D eigenvalue weighted by Crippen LogP contribution is -2.17. The van der Waals surface area contributed by atoms with E-state index >= 15 is 0 Å². The molecule has 1 aliphatic rings. The zero-order valence-electron chi connectivity index (χ0n) is 10.7. The average molecular weight is 274 g/mol. The van der Waals surface area contributed by atoms with Gasteiger partial charge in [-0.15, -0.1) is 0 Å². The molecular weight excluding hydrogens is 258 g/mol. The van der Waals surface area contributed by atoms with Crippen LogP contribution in [-0.4, -0.2) is 13.1 Å². The third-order valence-corrected chi connectivity index (χ3v) is 3.68. The average Bonchev–Trinajstić information content (AvgIpc) is 2.96. The molecule has 1 fully saturated rings. The van der Waals surface area contributed by atoms with Gasteiger partial charge in [-0.3, -0.25) is 0 Å². The summed E-state index contributed by atoms with van der Waals surface area (Å²) in [6.45, 7) is 2.31. The zero-order valence-corrected chi connectivity index (χ0v) is 11.4. The first-order chi connectivity index (χ1) is 9.33. The van der Waals surface area contributed by atoms with E-state index in [0.29, 0.717) is 10.8 Å². The molecule has 3 rings (SSSR count). The summed E-state index contributed by atoms with van der Waals surface area (Å²) >= 11 is 6.08. The Morgan fingerprint density at radius 2 is 1.58 bits per heavy atom. The predicted octanol–water partition coefficient (Wildman–Crippen LogP) is 4.73. The van der Waals surface area contributed by atoms with Gasteiger partial charge in [0.25, 0.3) is 0 Å². The lowest BCUT2D eigenvalue weighted by Gasteiger charge is -2.17. The topological polar surface area (TPSA) is 12.5 Å². The standard InChI is InChI=1S/C16H16ClNO/c17-15-5-1-2-6-16(15)19-14-9-7-13(8-10-14)18-11-3-4-12-18/h1-2,5-10H,3-4,11-12H2. The largest absolute Gasteiger partial charge is 0.456 e. The van der Waals surface area contributed by atoms with Crippen LogP contribution < -0.4 is 9.64 Å². The summed E-state index contributed by atoms with van der Waals surface area (Å²) in [6.07, 6.45) is 2.58. The predicted molar refractivity (Wildman–Crippen MR) is 79.4 cm³/mol. The molecule has 0 saturated carbocycles. The van der Waals surface area contributed by atoms with E-state index < -0.39 is 0 Å². The molecule has 0 aliphatic carbocycles. The molecule has 1 aliphatic heterocycles. The number of para-hydroxylation sites is 1. The second-order valence-electron chi connectivity index (χ2n) is 4.72. The number of ether oxygens (including phenoxy) is 1. The summed E-state index contributed by atoms with van der Waals surface area (Å²) < 4.78 is 5.78. The fourth-order valence-corrected chi connectivity index (χ4v) is 2.53. The van der Waals surface area contributed by atoms with E-state index in [1.54, 1.807) is 0 Å². The number of halogens is 1. The number of nitrogens with zero attached hydrogens (tertiary/aromatic N) is 1. The van der Waals surface area contributed by atoms with E-state index in [2.05, 4.69) is 17.0 Å². The van der Waals surface area contributed by atoms with Gasteiger partial charge < -0.3 is 9.64 Å². The molecule has 3 heteroatoms. The molecule has 19 heavy (non-hydrogen) atoms. The van der Waals surface area contributed by atoms with E-state index in [9.17, 15) is 0 Å². The van der Waals surface area contributed by atoms with Gasteiger partial charge in [0.15, 0.2) is 0 Å². The van der Waals surface area contributed by atoms with Crippen LogP contribution >= 0.6 is 11.6 Å². The molecule has 2 aromatic carbocycles. The van der Waals surface area contributed by atoms with Crippen LogP contribution in [0.2, 0.25) is 5.02 Å². The van der Waals surface area contributed by atoms with Gasteiger partial charge in [-0.25, -0.2) is 0 Å². The molecule has 2 nitrogen and oxygen atoms in total. The monoisotopic (exact) mass is 273 g/mol. The van der Waals surface area contributed by atoms with Crippen molar-refractivity contribution in [2.45, 2.75) is 12.8 Å². The molecule has 0 spiro atoms. The zero-order chi connectivity index (χ0) is 13.1. The Kier molecular flexibility index (Phi) is 3.60. The first-order valence-corrected chi connectivity index (χ1v) is 6.98. The highest BCUT2D eigenvalue weighted by molar-refractivity contribution is 6.32. The van der Waals surface area contributed by atoms with Crippen LogP contribution in [0.25, 0.3) is 0 Å². The second-order valence-corrected chi connectivity index (χ2v) is 5.13. The highest BCUT2D eigenvalue weighted by atomic mass is 35.5. The van der Waals surface area contributed by atoms with E-state index in [4.69, 9.17) is 16.3 Å². The molecule has 0 unspecified atom stereocenters. The third kappa shape index (κ3) is 2.85. The number of anilines is 1. The molecule has 98 valence electrons. The number of hydrogen-bond donors (Lipinski definition) is 0. The molecule has 0 atom stereocenters. The molecule has 0 N–H and O–H groups in total. The fraction of sp³-hybridized carbons (Fsp3) is 0.250. The van der Waals surface area contributed by atoms with Crippen LogP contribution in [0.4, 0.5) is 5.69 Å². The van der Waals surface area contributed by atoms with Crippen molar-refractivity contribution in [2.75, 3.05) is 18.0 Å². The first-order valence-electron chi connectivity index (χ1n) is 6.60. The van der Waals surface area contributed by atoms with Crippen LogP contribution in [0.15, 0.2) is 48.5 Å². The van der Waals surface area contributed by atoms with Gasteiger partial charge in [0.2, 0.25) is 0 Å². The molecule has 1 heterocycles. The molecular formula is C16H16ClNO. The van der Waals surface area contributed by atoms with E-state index in [1.807, 2.05) is 36.4 Å². The van der Waals surface area contributed by atoms with E-state index in [-0.39, 0.29) is 0 Å². The van der Waals surface area contributed by atoms with Crippen LogP contribution in [0.3, 0.4) is 0 Å². The highest BCUT2D eigenvalue weighted by Gasteiger charge is 2.12. The minimum atomic E-state index is 0.631. The summed E-state index contributed by atoms with van der Waals surface area (Å²) in [5.74, 6) is 1.51. The highest BCUT2D eigenvalue weighted by Crippen LogP contribution is 2.30. The van der Waals surface area contributed by atoms with Crippen LogP contribution in [-0.2, 0) is 0 Å². The van der Waals surface area contributed by atoms with Gasteiger partial charge in [-0.1, -0.05) is 23.7 Å². The van der Waals surface area contributed by atoms with Gasteiger partial charge in [-0.2, -0.15) is 0 Å². The molecule has 0 amide bonds. The molecule has 2 aromatic rings. The van der Waals surface area contributed by atoms with Crippen LogP contribution in [0, 0.1) is 0 Å². The number of benzene rings is 2. The maximum atomic E-state index is 6.08. The smallest absolute Gasteiger partial charge is 0.146 e. The quantitative estimate of drug-likeness (QED) is 0.801.